The summed E-state index contributed by atoms with van der Waals surface area (Å²) < 4.78 is 1.54. The van der Waals surface area contributed by atoms with Gasteiger partial charge in [-0.3, -0.25) is 4.79 Å². The molecule has 0 fully saturated rings. The second kappa shape index (κ2) is 5.05. The molecule has 14 heavy (non-hydrogen) atoms. The standard InChI is InChI=1S/C10H15ClN2O/c1-8(3-5-11)12-9-4-6-13(2)10(14)7-9/h4,6-8,12H,3,5H2,1-2H3. The van der Waals surface area contributed by atoms with Crippen molar-refractivity contribution in [1.29, 1.82) is 0 Å². The van der Waals surface area contributed by atoms with Crippen molar-refractivity contribution in [3.63, 3.8) is 0 Å². The van der Waals surface area contributed by atoms with E-state index in [0.717, 1.165) is 12.1 Å². The molecule has 1 N–H and O–H groups in total. The number of aryl methyl sites for hydroxylation is 1. The first-order chi connectivity index (χ1) is 6.63. The Morgan fingerprint density at radius 1 is 1.64 bits per heavy atom. The lowest BCUT2D eigenvalue weighted by Gasteiger charge is -2.13. The van der Waals surface area contributed by atoms with E-state index in [1.165, 1.54) is 4.57 Å². The van der Waals surface area contributed by atoms with Crippen LogP contribution in [0.15, 0.2) is 23.1 Å². The molecule has 0 spiro atoms. The topological polar surface area (TPSA) is 34.0 Å². The maximum absolute atomic E-state index is 11.3. The van der Waals surface area contributed by atoms with Crippen molar-refractivity contribution in [3.05, 3.63) is 28.7 Å². The molecular weight excluding hydrogens is 200 g/mol. The third-order valence-electron chi connectivity index (χ3n) is 2.06. The van der Waals surface area contributed by atoms with Crippen LogP contribution in [0, 0.1) is 0 Å². The summed E-state index contributed by atoms with van der Waals surface area (Å²) in [5.74, 6) is 0.624. The van der Waals surface area contributed by atoms with E-state index in [1.54, 1.807) is 19.3 Å². The zero-order valence-electron chi connectivity index (χ0n) is 8.46. The van der Waals surface area contributed by atoms with E-state index in [1.807, 2.05) is 13.0 Å². The van der Waals surface area contributed by atoms with Crippen LogP contribution in [0.2, 0.25) is 0 Å². The van der Waals surface area contributed by atoms with Crippen LogP contribution >= 0.6 is 11.6 Å². The normalized spacial score (nSPS) is 12.5. The summed E-state index contributed by atoms with van der Waals surface area (Å²) >= 11 is 5.61. The van der Waals surface area contributed by atoms with Gasteiger partial charge in [0.1, 0.15) is 0 Å². The Bertz CT molecular complexity index is 348. The van der Waals surface area contributed by atoms with Crippen LogP contribution in [-0.4, -0.2) is 16.5 Å². The highest BCUT2D eigenvalue weighted by Crippen LogP contribution is 2.06. The average Bonchev–Trinajstić information content (AvgIpc) is 2.12. The molecule has 0 radical (unpaired) electrons. The molecular formula is C10H15ClN2O. The molecule has 1 aromatic rings. The van der Waals surface area contributed by atoms with Gasteiger partial charge in [-0.25, -0.2) is 0 Å². The number of hydrogen-bond donors (Lipinski definition) is 1. The van der Waals surface area contributed by atoms with Crippen molar-refractivity contribution < 1.29 is 0 Å². The lowest BCUT2D eigenvalue weighted by molar-refractivity contribution is 0.766. The van der Waals surface area contributed by atoms with Gasteiger partial charge in [0, 0.05) is 36.9 Å². The Hall–Kier alpha value is -0.960. The number of hydrogen-bond acceptors (Lipinski definition) is 2. The van der Waals surface area contributed by atoms with E-state index in [-0.39, 0.29) is 5.56 Å². The zero-order chi connectivity index (χ0) is 10.6. The van der Waals surface area contributed by atoms with Crippen LogP contribution in [0.3, 0.4) is 0 Å². The average molecular weight is 215 g/mol. The van der Waals surface area contributed by atoms with Gasteiger partial charge in [-0.15, -0.1) is 11.6 Å². The second-order valence-corrected chi connectivity index (χ2v) is 3.77. The molecule has 4 heteroatoms. The minimum Gasteiger partial charge on any atom is -0.382 e. The number of anilines is 1. The summed E-state index contributed by atoms with van der Waals surface area (Å²) in [6, 6.07) is 3.76. The van der Waals surface area contributed by atoms with Gasteiger partial charge in [0.2, 0.25) is 0 Å². The number of alkyl halides is 1. The van der Waals surface area contributed by atoms with E-state index >= 15 is 0 Å². The van der Waals surface area contributed by atoms with Gasteiger partial charge in [-0.05, 0) is 19.4 Å². The number of nitrogens with one attached hydrogen (secondary N) is 1. The molecule has 0 aliphatic carbocycles. The van der Waals surface area contributed by atoms with Gasteiger partial charge < -0.3 is 9.88 Å². The van der Waals surface area contributed by atoms with Crippen molar-refractivity contribution in [2.24, 2.45) is 7.05 Å². The maximum atomic E-state index is 11.3. The van der Waals surface area contributed by atoms with Crippen molar-refractivity contribution in [2.45, 2.75) is 19.4 Å². The van der Waals surface area contributed by atoms with E-state index in [4.69, 9.17) is 11.6 Å². The van der Waals surface area contributed by atoms with Crippen LogP contribution in [0.5, 0.6) is 0 Å². The predicted molar refractivity (Wildman–Crippen MR) is 60.1 cm³/mol. The fourth-order valence-corrected chi connectivity index (χ4v) is 1.49. The Kier molecular flexibility index (Phi) is 4.01. The van der Waals surface area contributed by atoms with Crippen molar-refractivity contribution in [2.75, 3.05) is 11.2 Å². The maximum Gasteiger partial charge on any atom is 0.252 e. The Labute approximate surface area is 88.7 Å². The minimum absolute atomic E-state index is 0.00641. The highest BCUT2D eigenvalue weighted by molar-refractivity contribution is 6.17. The molecule has 0 amide bonds. The van der Waals surface area contributed by atoms with Crippen LogP contribution in [0.25, 0.3) is 0 Å². The molecule has 3 nitrogen and oxygen atoms in total. The fourth-order valence-electron chi connectivity index (χ4n) is 1.16. The molecule has 0 aliphatic heterocycles. The zero-order valence-corrected chi connectivity index (χ0v) is 9.21. The summed E-state index contributed by atoms with van der Waals surface area (Å²) in [4.78, 5) is 11.3. The van der Waals surface area contributed by atoms with Gasteiger partial charge in [0.15, 0.2) is 0 Å². The Morgan fingerprint density at radius 3 is 2.93 bits per heavy atom. The number of pyridine rings is 1. The molecule has 0 aliphatic rings. The lowest BCUT2D eigenvalue weighted by Crippen LogP contribution is -2.19. The van der Waals surface area contributed by atoms with Crippen molar-refractivity contribution >= 4 is 17.3 Å². The number of aromatic nitrogens is 1. The monoisotopic (exact) mass is 214 g/mol. The van der Waals surface area contributed by atoms with Gasteiger partial charge in [-0.1, -0.05) is 0 Å². The number of halogens is 1. The largest absolute Gasteiger partial charge is 0.382 e. The highest BCUT2D eigenvalue weighted by Gasteiger charge is 2.01. The van der Waals surface area contributed by atoms with Crippen LogP contribution in [0.4, 0.5) is 5.69 Å². The van der Waals surface area contributed by atoms with E-state index in [2.05, 4.69) is 5.32 Å². The molecule has 1 heterocycles. The first-order valence-electron chi connectivity index (χ1n) is 4.62. The van der Waals surface area contributed by atoms with Crippen LogP contribution in [0.1, 0.15) is 13.3 Å². The molecule has 0 bridgehead atoms. The molecule has 1 unspecified atom stereocenters. The highest BCUT2D eigenvalue weighted by atomic mass is 35.5. The fraction of sp³-hybridized carbons (Fsp3) is 0.500. The predicted octanol–water partition coefficient (Wildman–Crippen LogP) is 1.81. The molecule has 0 saturated carbocycles. The summed E-state index contributed by atoms with van der Waals surface area (Å²) in [6.45, 7) is 2.04. The molecule has 0 aromatic carbocycles. The first-order valence-corrected chi connectivity index (χ1v) is 5.16. The summed E-state index contributed by atoms with van der Waals surface area (Å²) in [5.41, 5.74) is 0.846. The summed E-state index contributed by atoms with van der Waals surface area (Å²) in [5, 5.41) is 3.21. The molecule has 78 valence electrons. The SMILES string of the molecule is CC(CCCl)Nc1ccn(C)c(=O)c1. The Morgan fingerprint density at radius 2 is 2.36 bits per heavy atom. The van der Waals surface area contributed by atoms with E-state index < -0.39 is 0 Å². The molecule has 1 aromatic heterocycles. The summed E-state index contributed by atoms with van der Waals surface area (Å²) in [6.07, 6.45) is 2.63. The molecule has 0 saturated heterocycles. The first kappa shape index (κ1) is 11.1. The Balaban J connectivity index is 2.68. The number of nitrogens with zero attached hydrogens (tertiary/aromatic N) is 1. The van der Waals surface area contributed by atoms with Gasteiger partial charge in [0.05, 0.1) is 0 Å². The van der Waals surface area contributed by atoms with Crippen LogP contribution < -0.4 is 10.9 Å². The van der Waals surface area contributed by atoms with Crippen LogP contribution in [-0.2, 0) is 7.05 Å². The van der Waals surface area contributed by atoms with Gasteiger partial charge in [-0.2, -0.15) is 0 Å². The lowest BCUT2D eigenvalue weighted by atomic mass is 10.2. The third kappa shape index (κ3) is 3.07. The molecule has 1 rings (SSSR count). The smallest absolute Gasteiger partial charge is 0.252 e. The van der Waals surface area contributed by atoms with Gasteiger partial charge in [0.25, 0.3) is 5.56 Å². The quantitative estimate of drug-likeness (QED) is 0.776. The van der Waals surface area contributed by atoms with Gasteiger partial charge >= 0.3 is 0 Å². The third-order valence-corrected chi connectivity index (χ3v) is 2.28. The van der Waals surface area contributed by atoms with E-state index in [0.29, 0.717) is 11.9 Å². The van der Waals surface area contributed by atoms with Crippen molar-refractivity contribution in [3.8, 4) is 0 Å². The minimum atomic E-state index is -0.00641. The van der Waals surface area contributed by atoms with E-state index in [9.17, 15) is 4.79 Å². The second-order valence-electron chi connectivity index (χ2n) is 3.39. The summed E-state index contributed by atoms with van der Waals surface area (Å²) in [7, 11) is 1.73. The number of rotatable bonds is 4. The molecule has 1 atom stereocenters. The van der Waals surface area contributed by atoms with Crippen molar-refractivity contribution in [1.82, 2.24) is 4.57 Å².